The van der Waals surface area contributed by atoms with Crippen LogP contribution >= 0.6 is 23.4 Å². The van der Waals surface area contributed by atoms with Crippen molar-refractivity contribution >= 4 is 29.3 Å². The minimum absolute atomic E-state index is 0.213. The summed E-state index contributed by atoms with van der Waals surface area (Å²) in [5.41, 5.74) is 0.690. The highest BCUT2D eigenvalue weighted by atomic mass is 35.5. The first-order chi connectivity index (χ1) is 9.67. The molecule has 0 fully saturated rings. The number of carbonyl (C=O) groups is 1. The molecule has 0 unspecified atom stereocenters. The lowest BCUT2D eigenvalue weighted by atomic mass is 10.2. The number of benzene rings is 1. The summed E-state index contributed by atoms with van der Waals surface area (Å²) in [6, 6.07) is 6.17. The van der Waals surface area contributed by atoms with Crippen molar-refractivity contribution < 1.29 is 9.53 Å². The number of hydrogen-bond acceptors (Lipinski definition) is 4. The van der Waals surface area contributed by atoms with Crippen LogP contribution in [0.5, 0.6) is 0 Å². The van der Waals surface area contributed by atoms with Crippen LogP contribution in [0.2, 0.25) is 5.02 Å². The zero-order valence-electron chi connectivity index (χ0n) is 13.3. The summed E-state index contributed by atoms with van der Waals surface area (Å²) >= 11 is 7.51. The SMILES string of the molecule is CC(C)NCc1ccc(Cl)cc1SCC(=O)OC(C)(C)C. The Hall–Kier alpha value is -0.710. The number of halogens is 1. The highest BCUT2D eigenvalue weighted by molar-refractivity contribution is 8.00. The average molecular weight is 330 g/mol. The Labute approximate surface area is 136 Å². The predicted molar refractivity (Wildman–Crippen MR) is 90.0 cm³/mol. The molecule has 1 aromatic carbocycles. The van der Waals surface area contributed by atoms with Gasteiger partial charge in [-0.1, -0.05) is 31.5 Å². The maximum absolute atomic E-state index is 11.8. The van der Waals surface area contributed by atoms with Crippen LogP contribution in [0.25, 0.3) is 0 Å². The normalized spacial score (nSPS) is 11.8. The summed E-state index contributed by atoms with van der Waals surface area (Å²) in [5, 5.41) is 4.05. The molecule has 5 heteroatoms. The lowest BCUT2D eigenvalue weighted by Crippen LogP contribution is -2.25. The van der Waals surface area contributed by atoms with E-state index in [0.717, 1.165) is 17.0 Å². The molecule has 0 saturated heterocycles. The topological polar surface area (TPSA) is 38.3 Å². The van der Waals surface area contributed by atoms with E-state index in [9.17, 15) is 4.79 Å². The summed E-state index contributed by atoms with van der Waals surface area (Å²) in [5.74, 6) is 0.0713. The third-order valence-electron chi connectivity index (χ3n) is 2.50. The minimum Gasteiger partial charge on any atom is -0.459 e. The largest absolute Gasteiger partial charge is 0.459 e. The molecule has 0 aliphatic carbocycles. The molecule has 0 aliphatic rings. The lowest BCUT2D eigenvalue weighted by molar-refractivity contribution is -0.151. The average Bonchev–Trinajstić information content (AvgIpc) is 2.33. The molecular weight excluding hydrogens is 306 g/mol. The Morgan fingerprint density at radius 2 is 2.05 bits per heavy atom. The maximum Gasteiger partial charge on any atom is 0.316 e. The minimum atomic E-state index is -0.450. The quantitative estimate of drug-likeness (QED) is 0.624. The molecule has 0 spiro atoms. The number of thioether (sulfide) groups is 1. The Morgan fingerprint density at radius 1 is 1.38 bits per heavy atom. The van der Waals surface area contributed by atoms with Crippen molar-refractivity contribution in [2.45, 2.75) is 57.7 Å². The van der Waals surface area contributed by atoms with E-state index in [1.54, 1.807) is 0 Å². The molecular formula is C16H24ClNO2S. The first-order valence-corrected chi connectivity index (χ1v) is 8.40. The fourth-order valence-electron chi connectivity index (χ4n) is 1.63. The van der Waals surface area contributed by atoms with Gasteiger partial charge in [-0.05, 0) is 38.5 Å². The second-order valence-electron chi connectivity index (χ2n) is 6.16. The van der Waals surface area contributed by atoms with E-state index in [0.29, 0.717) is 11.1 Å². The summed E-state index contributed by atoms with van der Waals surface area (Å²) < 4.78 is 5.32. The molecule has 0 amide bonds. The molecule has 21 heavy (non-hydrogen) atoms. The highest BCUT2D eigenvalue weighted by Gasteiger charge is 2.17. The van der Waals surface area contributed by atoms with Crippen molar-refractivity contribution in [1.82, 2.24) is 5.32 Å². The van der Waals surface area contributed by atoms with Crippen LogP contribution in [0.1, 0.15) is 40.2 Å². The number of rotatable bonds is 6. The highest BCUT2D eigenvalue weighted by Crippen LogP contribution is 2.27. The summed E-state index contributed by atoms with van der Waals surface area (Å²) in [4.78, 5) is 12.8. The second kappa shape index (κ2) is 8.06. The van der Waals surface area contributed by atoms with Gasteiger partial charge in [-0.15, -0.1) is 11.8 Å². The third-order valence-corrected chi connectivity index (χ3v) is 3.80. The van der Waals surface area contributed by atoms with Crippen LogP contribution in [0.3, 0.4) is 0 Å². The van der Waals surface area contributed by atoms with Gasteiger partial charge in [0.25, 0.3) is 0 Å². The lowest BCUT2D eigenvalue weighted by Gasteiger charge is -2.19. The Balaban J connectivity index is 2.68. The molecule has 0 heterocycles. The van der Waals surface area contributed by atoms with Crippen molar-refractivity contribution in [2.24, 2.45) is 0 Å². The number of esters is 1. The molecule has 0 bridgehead atoms. The number of nitrogens with one attached hydrogen (secondary N) is 1. The zero-order chi connectivity index (χ0) is 16.0. The van der Waals surface area contributed by atoms with E-state index in [4.69, 9.17) is 16.3 Å². The molecule has 0 radical (unpaired) electrons. The molecule has 1 N–H and O–H groups in total. The fourth-order valence-corrected chi connectivity index (χ4v) is 2.74. The smallest absolute Gasteiger partial charge is 0.316 e. The van der Waals surface area contributed by atoms with Gasteiger partial charge in [-0.3, -0.25) is 4.79 Å². The van der Waals surface area contributed by atoms with Crippen LogP contribution in [0.4, 0.5) is 0 Å². The monoisotopic (exact) mass is 329 g/mol. The number of hydrogen-bond donors (Lipinski definition) is 1. The fraction of sp³-hybridized carbons (Fsp3) is 0.562. The molecule has 1 aromatic rings. The van der Waals surface area contributed by atoms with Crippen LogP contribution in [0, 0.1) is 0 Å². The molecule has 0 atom stereocenters. The first kappa shape index (κ1) is 18.3. The number of ether oxygens (including phenoxy) is 1. The first-order valence-electron chi connectivity index (χ1n) is 7.04. The van der Waals surface area contributed by atoms with E-state index < -0.39 is 5.60 Å². The van der Waals surface area contributed by atoms with Gasteiger partial charge >= 0.3 is 5.97 Å². The van der Waals surface area contributed by atoms with Crippen molar-refractivity contribution in [2.75, 3.05) is 5.75 Å². The number of carbonyl (C=O) groups excluding carboxylic acids is 1. The predicted octanol–water partition coefficient (Wildman–Crippen LogP) is 4.27. The van der Waals surface area contributed by atoms with Gasteiger partial charge in [0.05, 0.1) is 5.75 Å². The Bertz CT molecular complexity index is 484. The summed E-state index contributed by atoms with van der Waals surface area (Å²) in [6.45, 7) is 10.6. The maximum atomic E-state index is 11.8. The van der Waals surface area contributed by atoms with E-state index in [1.807, 2.05) is 39.0 Å². The van der Waals surface area contributed by atoms with E-state index in [1.165, 1.54) is 11.8 Å². The molecule has 0 aliphatic heterocycles. The van der Waals surface area contributed by atoms with Crippen molar-refractivity contribution in [3.63, 3.8) is 0 Å². The van der Waals surface area contributed by atoms with Gasteiger partial charge < -0.3 is 10.1 Å². The van der Waals surface area contributed by atoms with E-state index in [-0.39, 0.29) is 11.7 Å². The standard InChI is InChI=1S/C16H24ClNO2S/c1-11(2)18-9-12-6-7-13(17)8-14(12)21-10-15(19)20-16(3,4)5/h6-8,11,18H,9-10H2,1-5H3. The van der Waals surface area contributed by atoms with E-state index >= 15 is 0 Å². The van der Waals surface area contributed by atoms with Crippen LogP contribution in [0.15, 0.2) is 23.1 Å². The molecule has 0 aromatic heterocycles. The van der Waals surface area contributed by atoms with Crippen LogP contribution in [-0.2, 0) is 16.1 Å². The van der Waals surface area contributed by atoms with Crippen LogP contribution < -0.4 is 5.32 Å². The van der Waals surface area contributed by atoms with Gasteiger partial charge in [0, 0.05) is 22.5 Å². The summed E-state index contributed by atoms with van der Waals surface area (Å²) in [6.07, 6.45) is 0. The van der Waals surface area contributed by atoms with Crippen molar-refractivity contribution in [3.8, 4) is 0 Å². The van der Waals surface area contributed by atoms with Gasteiger partial charge in [0.1, 0.15) is 5.60 Å². The van der Waals surface area contributed by atoms with Crippen molar-refractivity contribution in [3.05, 3.63) is 28.8 Å². The molecule has 3 nitrogen and oxygen atoms in total. The van der Waals surface area contributed by atoms with E-state index in [2.05, 4.69) is 19.2 Å². The van der Waals surface area contributed by atoms with Gasteiger partial charge in [0.2, 0.25) is 0 Å². The van der Waals surface area contributed by atoms with Crippen molar-refractivity contribution in [1.29, 1.82) is 0 Å². The van der Waals surface area contributed by atoms with Gasteiger partial charge in [0.15, 0.2) is 0 Å². The molecule has 0 saturated carbocycles. The molecule has 118 valence electrons. The second-order valence-corrected chi connectivity index (χ2v) is 7.62. The molecule has 1 rings (SSSR count). The Morgan fingerprint density at radius 3 is 2.62 bits per heavy atom. The zero-order valence-corrected chi connectivity index (χ0v) is 14.9. The van der Waals surface area contributed by atoms with Gasteiger partial charge in [-0.2, -0.15) is 0 Å². The third kappa shape index (κ3) is 7.74. The van der Waals surface area contributed by atoms with Gasteiger partial charge in [-0.25, -0.2) is 0 Å². The Kier molecular flexibility index (Phi) is 7.04. The van der Waals surface area contributed by atoms with Crippen LogP contribution in [-0.4, -0.2) is 23.4 Å². The summed E-state index contributed by atoms with van der Waals surface area (Å²) in [7, 11) is 0.